The zero-order valence-electron chi connectivity index (χ0n) is 18.8. The van der Waals surface area contributed by atoms with Crippen molar-refractivity contribution < 1.29 is 0 Å². The highest BCUT2D eigenvalue weighted by Crippen LogP contribution is 2.35. The SMILES string of the molecule is CN1C[C@@H]2C[C@H]1CN2c1nccc(Nc2cc3nc(-c4ccnc5c4cnn5C)sc3cn2)n1. The first-order chi connectivity index (χ1) is 16.6. The number of pyridine rings is 2. The summed E-state index contributed by atoms with van der Waals surface area (Å²) in [6.45, 7) is 2.05. The molecule has 5 aromatic heterocycles. The van der Waals surface area contributed by atoms with Gasteiger partial charge in [0.1, 0.15) is 16.6 Å². The number of nitrogens with zero attached hydrogens (tertiary/aromatic N) is 9. The van der Waals surface area contributed by atoms with Crippen molar-refractivity contribution in [2.75, 3.05) is 30.4 Å². The maximum atomic E-state index is 4.89. The van der Waals surface area contributed by atoms with Crippen molar-refractivity contribution in [1.29, 1.82) is 0 Å². The largest absolute Gasteiger partial charge is 0.335 e. The minimum Gasteiger partial charge on any atom is -0.335 e. The molecule has 11 heteroatoms. The van der Waals surface area contributed by atoms with E-state index in [-0.39, 0.29) is 0 Å². The van der Waals surface area contributed by atoms with Crippen molar-refractivity contribution in [3.63, 3.8) is 0 Å². The third kappa shape index (κ3) is 3.11. The Morgan fingerprint density at radius 1 is 0.971 bits per heavy atom. The van der Waals surface area contributed by atoms with Crippen molar-refractivity contribution in [3.8, 4) is 10.6 Å². The van der Waals surface area contributed by atoms with Crippen LogP contribution >= 0.6 is 11.3 Å². The average Bonchev–Trinajstić information content (AvgIpc) is 3.62. The number of likely N-dealkylation sites (tertiary alicyclic amines) is 1. The first-order valence-corrected chi connectivity index (χ1v) is 12.0. The van der Waals surface area contributed by atoms with Gasteiger partial charge < -0.3 is 10.2 Å². The molecule has 7 rings (SSSR count). The molecule has 1 N–H and O–H groups in total. The molecule has 2 aliphatic rings. The predicted molar refractivity (Wildman–Crippen MR) is 132 cm³/mol. The first kappa shape index (κ1) is 19.7. The molecule has 2 fully saturated rings. The topological polar surface area (TPSA) is 101 Å². The number of anilines is 3. The Balaban J connectivity index is 1.17. The quantitative estimate of drug-likeness (QED) is 0.425. The highest BCUT2D eigenvalue weighted by Gasteiger charge is 2.42. The van der Waals surface area contributed by atoms with Crippen molar-refractivity contribution in [2.45, 2.75) is 18.5 Å². The summed E-state index contributed by atoms with van der Waals surface area (Å²) >= 11 is 1.61. The van der Waals surface area contributed by atoms with Crippen LogP contribution in [0.4, 0.5) is 17.6 Å². The Hall–Kier alpha value is -3.70. The van der Waals surface area contributed by atoms with E-state index in [0.717, 1.165) is 56.7 Å². The van der Waals surface area contributed by atoms with Crippen LogP contribution in [-0.4, -0.2) is 71.8 Å². The molecule has 0 saturated carbocycles. The van der Waals surface area contributed by atoms with Crippen LogP contribution in [0.2, 0.25) is 0 Å². The van der Waals surface area contributed by atoms with Gasteiger partial charge in [-0.25, -0.2) is 19.9 Å². The summed E-state index contributed by atoms with van der Waals surface area (Å²) in [5, 5.41) is 9.59. The van der Waals surface area contributed by atoms with Crippen molar-refractivity contribution >= 4 is 50.2 Å². The molecular formula is C23H22N10S. The Morgan fingerprint density at radius 2 is 1.88 bits per heavy atom. The summed E-state index contributed by atoms with van der Waals surface area (Å²) in [6.07, 6.45) is 8.49. The van der Waals surface area contributed by atoms with E-state index >= 15 is 0 Å². The van der Waals surface area contributed by atoms with E-state index in [1.807, 2.05) is 43.8 Å². The van der Waals surface area contributed by atoms with Gasteiger partial charge in [0.05, 0.1) is 16.4 Å². The maximum Gasteiger partial charge on any atom is 0.227 e. The van der Waals surface area contributed by atoms with Crippen LogP contribution in [0.1, 0.15) is 6.42 Å². The second-order valence-corrected chi connectivity index (χ2v) is 9.95. The van der Waals surface area contributed by atoms with Crippen LogP contribution in [0, 0.1) is 0 Å². The van der Waals surface area contributed by atoms with Crippen LogP contribution in [0.5, 0.6) is 0 Å². The summed E-state index contributed by atoms with van der Waals surface area (Å²) in [7, 11) is 4.09. The summed E-state index contributed by atoms with van der Waals surface area (Å²) in [5.41, 5.74) is 2.76. The standard InChI is InChI=1S/C23H22N10S/c1-31-11-14-7-13(31)12-33(14)23-25-6-4-19(30-23)29-20-8-17-18(10-26-20)34-22(28-17)15-3-5-24-21-16(15)9-27-32(21)2/h3-6,8-10,13-14H,7,11-12H2,1-2H3,(H,25,26,29,30)/t13-,14-/m0/s1. The third-order valence-electron chi connectivity index (χ3n) is 6.81. The van der Waals surface area contributed by atoms with Crippen LogP contribution < -0.4 is 10.2 Å². The van der Waals surface area contributed by atoms with E-state index in [9.17, 15) is 0 Å². The Kier molecular flexibility index (Phi) is 4.30. The Morgan fingerprint density at radius 3 is 2.74 bits per heavy atom. The summed E-state index contributed by atoms with van der Waals surface area (Å²) in [6, 6.07) is 6.91. The van der Waals surface area contributed by atoms with Crippen LogP contribution in [0.25, 0.3) is 31.8 Å². The molecular weight excluding hydrogens is 448 g/mol. The molecule has 2 aliphatic heterocycles. The van der Waals surface area contributed by atoms with E-state index in [0.29, 0.717) is 17.9 Å². The van der Waals surface area contributed by atoms with Gasteiger partial charge in [0.25, 0.3) is 0 Å². The molecule has 10 nitrogen and oxygen atoms in total. The van der Waals surface area contributed by atoms with Gasteiger partial charge in [-0.2, -0.15) is 10.1 Å². The number of likely N-dealkylation sites (N-methyl/N-ethyl adjacent to an activating group) is 1. The van der Waals surface area contributed by atoms with Gasteiger partial charge in [0, 0.05) is 67.8 Å². The maximum absolute atomic E-state index is 4.89. The number of fused-ring (bicyclic) bond motifs is 4. The lowest BCUT2D eigenvalue weighted by molar-refractivity contribution is 0.291. The fourth-order valence-electron chi connectivity index (χ4n) is 5.05. The molecule has 0 amide bonds. The number of aromatic nitrogens is 7. The number of hydrogen-bond acceptors (Lipinski definition) is 10. The zero-order valence-corrected chi connectivity index (χ0v) is 19.6. The summed E-state index contributed by atoms with van der Waals surface area (Å²) < 4.78 is 2.80. The lowest BCUT2D eigenvalue weighted by atomic mass is 10.2. The smallest absolute Gasteiger partial charge is 0.227 e. The van der Waals surface area contributed by atoms with E-state index < -0.39 is 0 Å². The molecule has 170 valence electrons. The lowest BCUT2D eigenvalue weighted by Crippen LogP contribution is -2.45. The van der Waals surface area contributed by atoms with Crippen molar-refractivity contribution in [1.82, 2.24) is 39.6 Å². The van der Waals surface area contributed by atoms with Gasteiger partial charge in [-0.1, -0.05) is 0 Å². The molecule has 0 radical (unpaired) electrons. The number of nitrogens with one attached hydrogen (secondary N) is 1. The van der Waals surface area contributed by atoms with Gasteiger partial charge in [0.15, 0.2) is 5.65 Å². The van der Waals surface area contributed by atoms with Gasteiger partial charge in [-0.3, -0.25) is 9.58 Å². The second-order valence-electron chi connectivity index (χ2n) is 8.92. The van der Waals surface area contributed by atoms with Crippen LogP contribution in [-0.2, 0) is 7.05 Å². The lowest BCUT2D eigenvalue weighted by Gasteiger charge is -2.31. The monoisotopic (exact) mass is 470 g/mol. The number of hydrogen-bond donors (Lipinski definition) is 1. The van der Waals surface area contributed by atoms with E-state index in [4.69, 9.17) is 9.97 Å². The fourth-order valence-corrected chi connectivity index (χ4v) is 6.00. The molecule has 0 aromatic carbocycles. The molecule has 0 unspecified atom stereocenters. The predicted octanol–water partition coefficient (Wildman–Crippen LogP) is 3.07. The minimum absolute atomic E-state index is 0.493. The number of rotatable bonds is 4. The normalized spacial score (nSPS) is 20.1. The van der Waals surface area contributed by atoms with Gasteiger partial charge in [0.2, 0.25) is 5.95 Å². The van der Waals surface area contributed by atoms with Gasteiger partial charge >= 0.3 is 0 Å². The van der Waals surface area contributed by atoms with Gasteiger partial charge in [-0.05, 0) is 25.6 Å². The number of aryl methyl sites for hydroxylation is 1. The molecule has 0 aliphatic carbocycles. The van der Waals surface area contributed by atoms with Crippen LogP contribution in [0.15, 0.2) is 43.0 Å². The Labute approximate surface area is 199 Å². The third-order valence-corrected chi connectivity index (χ3v) is 7.85. The average molecular weight is 471 g/mol. The first-order valence-electron chi connectivity index (χ1n) is 11.2. The molecule has 2 saturated heterocycles. The molecule has 34 heavy (non-hydrogen) atoms. The highest BCUT2D eigenvalue weighted by atomic mass is 32.1. The minimum atomic E-state index is 0.493. The van der Waals surface area contributed by atoms with Crippen molar-refractivity contribution in [2.24, 2.45) is 7.05 Å². The fraction of sp³-hybridized carbons (Fsp3) is 0.304. The summed E-state index contributed by atoms with van der Waals surface area (Å²) in [4.78, 5) is 28.0. The summed E-state index contributed by atoms with van der Waals surface area (Å²) in [5.74, 6) is 2.22. The molecule has 2 bridgehead atoms. The molecule has 2 atom stereocenters. The van der Waals surface area contributed by atoms with E-state index in [1.165, 1.54) is 6.42 Å². The number of piperazine rings is 1. The molecule has 5 aromatic rings. The van der Waals surface area contributed by atoms with Crippen LogP contribution in [0.3, 0.4) is 0 Å². The molecule has 7 heterocycles. The molecule has 0 spiro atoms. The number of thiazole rings is 1. The van der Waals surface area contributed by atoms with Crippen molar-refractivity contribution in [3.05, 3.63) is 43.0 Å². The Bertz CT molecular complexity index is 1540. The second kappa shape index (κ2) is 7.40. The zero-order chi connectivity index (χ0) is 22.8. The highest BCUT2D eigenvalue weighted by molar-refractivity contribution is 7.21. The van der Waals surface area contributed by atoms with Gasteiger partial charge in [-0.15, -0.1) is 11.3 Å². The van der Waals surface area contributed by atoms with E-state index in [2.05, 4.69) is 42.2 Å². The van der Waals surface area contributed by atoms with E-state index in [1.54, 1.807) is 22.2 Å².